The summed E-state index contributed by atoms with van der Waals surface area (Å²) in [6.07, 6.45) is 3.93. The van der Waals surface area contributed by atoms with Crippen LogP contribution in [-0.2, 0) is 21.8 Å². The number of hydrogen-bond donors (Lipinski definition) is 0. The van der Waals surface area contributed by atoms with E-state index >= 15 is 0 Å². The number of fused-ring (bicyclic) bond motifs is 3. The second-order valence-corrected chi connectivity index (χ2v) is 10.2. The quantitative estimate of drug-likeness (QED) is 0.425. The van der Waals surface area contributed by atoms with Crippen LogP contribution in [0.4, 0.5) is 0 Å². The Morgan fingerprint density at radius 1 is 1.16 bits per heavy atom. The van der Waals surface area contributed by atoms with Gasteiger partial charge in [-0.25, -0.2) is 22.2 Å². The number of carbonyl (C=O) groups excluding carboxylic acids is 1. The molecule has 0 saturated heterocycles. The van der Waals surface area contributed by atoms with Gasteiger partial charge in [-0.1, -0.05) is 18.2 Å². The highest BCUT2D eigenvalue weighted by atomic mass is 79.9. The fraction of sp³-hybridized carbons (Fsp3) is 0.286. The van der Waals surface area contributed by atoms with E-state index in [1.807, 2.05) is 0 Å². The number of hydrogen-bond acceptors (Lipinski definition) is 5. The van der Waals surface area contributed by atoms with Crippen molar-refractivity contribution in [1.82, 2.24) is 18.1 Å². The molecule has 0 unspecified atom stereocenters. The molecule has 10 heteroatoms. The van der Waals surface area contributed by atoms with Gasteiger partial charge in [0, 0.05) is 40.6 Å². The first-order valence-corrected chi connectivity index (χ1v) is 11.9. The number of carbonyl (C=O) groups is 1. The van der Waals surface area contributed by atoms with Crippen LogP contribution in [0.2, 0.25) is 0 Å². The number of imidazole rings is 1. The molecular formula is C21H19BrN4O4S. The lowest BCUT2D eigenvalue weighted by Crippen LogP contribution is -2.28. The zero-order valence-electron chi connectivity index (χ0n) is 19.2. The van der Waals surface area contributed by atoms with Gasteiger partial charge in [-0.2, -0.15) is 0 Å². The van der Waals surface area contributed by atoms with Gasteiger partial charge in [-0.3, -0.25) is 13.9 Å². The number of benzene rings is 1. The Morgan fingerprint density at radius 3 is 2.55 bits per heavy atom. The van der Waals surface area contributed by atoms with Gasteiger partial charge in [0.1, 0.15) is 5.78 Å². The van der Waals surface area contributed by atoms with Crippen LogP contribution in [0, 0.1) is 0 Å². The minimum Gasteiger partial charge on any atom is -0.300 e. The van der Waals surface area contributed by atoms with Crippen molar-refractivity contribution in [3.8, 4) is 0 Å². The maximum Gasteiger partial charge on any atom is 0.329 e. The first-order chi connectivity index (χ1) is 16.0. The van der Waals surface area contributed by atoms with Gasteiger partial charge in [-0.15, -0.1) is 0 Å². The molecule has 8 nitrogen and oxygen atoms in total. The van der Waals surface area contributed by atoms with E-state index in [4.69, 9.17) is 4.11 Å². The third kappa shape index (κ3) is 3.00. The Bertz CT molecular complexity index is 1610. The molecule has 5 rings (SSSR count). The van der Waals surface area contributed by atoms with E-state index in [0.717, 1.165) is 3.97 Å². The van der Waals surface area contributed by atoms with Crippen LogP contribution in [0.1, 0.15) is 35.8 Å². The number of halogens is 1. The topological polar surface area (TPSA) is 96.0 Å². The summed E-state index contributed by atoms with van der Waals surface area (Å²) in [6.45, 7) is -2.77. The van der Waals surface area contributed by atoms with Crippen molar-refractivity contribution in [2.75, 3.05) is 0 Å². The molecule has 0 N–H and O–H groups in total. The fourth-order valence-electron chi connectivity index (χ4n) is 4.22. The molecule has 0 radical (unpaired) electrons. The van der Waals surface area contributed by atoms with Crippen LogP contribution in [0.3, 0.4) is 0 Å². The molecule has 160 valence electrons. The number of ketones is 1. The van der Waals surface area contributed by atoms with E-state index in [-0.39, 0.29) is 40.2 Å². The highest BCUT2D eigenvalue weighted by Crippen LogP contribution is 2.36. The molecule has 0 amide bonds. The molecule has 3 heterocycles. The molecule has 1 aliphatic rings. The number of Topliss-reactive ketones (excluding diaryl/α,β-unsaturated/α-hetero) is 1. The zero-order chi connectivity index (χ0) is 24.4. The van der Waals surface area contributed by atoms with Crippen LogP contribution in [-0.4, -0.2) is 32.3 Å². The summed E-state index contributed by atoms with van der Waals surface area (Å²) >= 11 is 3.41. The summed E-state index contributed by atoms with van der Waals surface area (Å²) in [5.74, 6) is 0.0944. The van der Waals surface area contributed by atoms with Crippen molar-refractivity contribution >= 4 is 53.8 Å². The molecule has 4 aromatic rings. The first-order valence-electron chi connectivity index (χ1n) is 11.2. The molecular weight excluding hydrogens is 484 g/mol. The molecule has 0 bridgehead atoms. The summed E-state index contributed by atoms with van der Waals surface area (Å²) in [5.41, 5.74) is -0.329. The Balaban J connectivity index is 1.87. The van der Waals surface area contributed by atoms with Gasteiger partial charge >= 0.3 is 5.69 Å². The predicted molar refractivity (Wildman–Crippen MR) is 120 cm³/mol. The maximum atomic E-state index is 13.4. The van der Waals surface area contributed by atoms with E-state index in [1.165, 1.54) is 29.1 Å². The second kappa shape index (κ2) is 7.16. The maximum absolute atomic E-state index is 13.4. The van der Waals surface area contributed by atoms with E-state index in [2.05, 4.69) is 20.9 Å². The van der Waals surface area contributed by atoms with Crippen LogP contribution in [0.25, 0.3) is 22.1 Å². The third-order valence-corrected chi connectivity index (χ3v) is 8.01. The zero-order valence-corrected chi connectivity index (χ0v) is 18.6. The van der Waals surface area contributed by atoms with Gasteiger partial charge < -0.3 is 0 Å². The van der Waals surface area contributed by atoms with Crippen LogP contribution in [0.15, 0.2) is 56.9 Å². The average molecular weight is 506 g/mol. The smallest absolute Gasteiger partial charge is 0.300 e. The van der Waals surface area contributed by atoms with Crippen LogP contribution >= 0.6 is 15.9 Å². The fourth-order valence-corrected chi connectivity index (χ4v) is 6.27. The Morgan fingerprint density at radius 2 is 1.87 bits per heavy atom. The first kappa shape index (κ1) is 16.9. The predicted octanol–water partition coefficient (Wildman–Crippen LogP) is 3.37. The number of nitrogens with zero attached hydrogens (tertiary/aromatic N) is 4. The van der Waals surface area contributed by atoms with E-state index in [9.17, 15) is 18.0 Å². The molecule has 0 atom stereocenters. The van der Waals surface area contributed by atoms with Gasteiger partial charge in [0.05, 0.1) is 27.5 Å². The van der Waals surface area contributed by atoms with Crippen molar-refractivity contribution in [1.29, 1.82) is 0 Å². The van der Waals surface area contributed by atoms with Gasteiger partial charge in [0.25, 0.3) is 10.0 Å². The number of aryl methyl sites for hydroxylation is 1. The lowest BCUT2D eigenvalue weighted by Gasteiger charge is -2.22. The van der Waals surface area contributed by atoms with Gasteiger partial charge in [0.2, 0.25) is 0 Å². The van der Waals surface area contributed by atoms with Crippen molar-refractivity contribution < 1.29 is 17.3 Å². The van der Waals surface area contributed by atoms with Crippen LogP contribution in [0.5, 0.6) is 0 Å². The number of rotatable bonds is 3. The van der Waals surface area contributed by atoms with Crippen molar-refractivity contribution in [2.45, 2.75) is 36.6 Å². The number of pyridine rings is 1. The highest BCUT2D eigenvalue weighted by Gasteiger charge is 2.29. The Kier molecular flexibility index (Phi) is 3.91. The van der Waals surface area contributed by atoms with Crippen molar-refractivity contribution in [2.24, 2.45) is 6.98 Å². The van der Waals surface area contributed by atoms with E-state index in [0.29, 0.717) is 27.3 Å². The van der Waals surface area contributed by atoms with E-state index < -0.39 is 28.7 Å². The lowest BCUT2D eigenvalue weighted by atomic mass is 9.94. The largest absolute Gasteiger partial charge is 0.329 e. The van der Waals surface area contributed by atoms with Crippen molar-refractivity contribution in [3.63, 3.8) is 0 Å². The summed E-state index contributed by atoms with van der Waals surface area (Å²) in [6, 6.07) is 7.45. The summed E-state index contributed by atoms with van der Waals surface area (Å²) in [4.78, 5) is 29.6. The molecule has 1 saturated carbocycles. The number of aromatic nitrogens is 4. The third-order valence-electron chi connectivity index (χ3n) is 5.75. The Labute approximate surface area is 190 Å². The Hall–Kier alpha value is -2.72. The lowest BCUT2D eigenvalue weighted by molar-refractivity contribution is -0.120. The molecule has 31 heavy (non-hydrogen) atoms. The second-order valence-electron chi connectivity index (χ2n) is 7.54. The van der Waals surface area contributed by atoms with Gasteiger partial charge in [-0.05, 0) is 40.9 Å². The summed E-state index contributed by atoms with van der Waals surface area (Å²) in [5, 5.41) is 0.314. The normalized spacial score (nSPS) is 17.7. The SMILES string of the molecule is [2H]C([2H])([2H])n1c(=O)n(C2CCC(=O)CC2)c2c3c(Br)cn(S(=O)(=O)c4ccccc4)c3ncc21. The minimum absolute atomic E-state index is 0.0598. The van der Waals surface area contributed by atoms with Crippen molar-refractivity contribution in [3.05, 3.63) is 57.7 Å². The molecule has 1 aliphatic carbocycles. The monoisotopic (exact) mass is 505 g/mol. The standard InChI is InChI=1S/C21H19BrN4O4S/c1-24-17-11-23-20-18(19(17)26(21(24)28)13-7-9-14(27)10-8-13)16(22)12-25(20)31(29,30)15-5-3-2-4-6-15/h2-6,11-13H,7-10H2,1H3/i1D3. The van der Waals surface area contributed by atoms with Crippen LogP contribution < -0.4 is 5.69 Å². The summed E-state index contributed by atoms with van der Waals surface area (Å²) < 4.78 is 53.9. The van der Waals surface area contributed by atoms with Gasteiger partial charge in [0.15, 0.2) is 5.65 Å². The summed E-state index contributed by atoms with van der Waals surface area (Å²) in [7, 11) is -4.02. The minimum atomic E-state index is -4.02. The molecule has 3 aromatic heterocycles. The van der Waals surface area contributed by atoms with E-state index in [1.54, 1.807) is 18.2 Å². The molecule has 1 aromatic carbocycles. The molecule has 0 aliphatic heterocycles. The average Bonchev–Trinajstić information content (AvgIpc) is 3.29. The molecule has 0 spiro atoms. The molecule has 1 fully saturated rings. The highest BCUT2D eigenvalue weighted by molar-refractivity contribution is 9.10.